The highest BCUT2D eigenvalue weighted by Gasteiger charge is 2.11. The zero-order valence-electron chi connectivity index (χ0n) is 13.0. The van der Waals surface area contributed by atoms with Gasteiger partial charge < -0.3 is 15.8 Å². The number of benzene rings is 2. The molecule has 4 nitrogen and oxygen atoms in total. The van der Waals surface area contributed by atoms with Crippen LogP contribution < -0.4 is 15.8 Å². The van der Waals surface area contributed by atoms with Gasteiger partial charge >= 0.3 is 0 Å². The number of carbonyl (C=O) groups is 1. The monoisotopic (exact) mass is 298 g/mol. The van der Waals surface area contributed by atoms with Crippen molar-refractivity contribution in [3.8, 4) is 5.75 Å². The highest BCUT2D eigenvalue weighted by atomic mass is 16.5. The van der Waals surface area contributed by atoms with E-state index in [1.165, 1.54) is 0 Å². The van der Waals surface area contributed by atoms with E-state index in [1.54, 1.807) is 24.3 Å². The quantitative estimate of drug-likeness (QED) is 0.797. The number of rotatable bonds is 6. The summed E-state index contributed by atoms with van der Waals surface area (Å²) in [5.74, 6) is 0.956. The van der Waals surface area contributed by atoms with Crippen LogP contribution in [-0.4, -0.2) is 12.5 Å². The highest BCUT2D eigenvalue weighted by molar-refractivity contribution is 5.92. The van der Waals surface area contributed by atoms with Crippen LogP contribution in [0.25, 0.3) is 0 Å². The molecule has 116 valence electrons. The molecule has 0 aliphatic heterocycles. The number of ether oxygens (including phenoxy) is 1. The Kier molecular flexibility index (Phi) is 5.42. The SMILES string of the molecule is CC[C@@H](C)c1ccccc1OCC(=O)Nc1cccc(N)c1. The van der Waals surface area contributed by atoms with Crippen molar-refractivity contribution in [1.82, 2.24) is 0 Å². The van der Waals surface area contributed by atoms with Gasteiger partial charge in [0.2, 0.25) is 0 Å². The summed E-state index contributed by atoms with van der Waals surface area (Å²) in [4.78, 5) is 12.0. The Morgan fingerprint density at radius 1 is 1.23 bits per heavy atom. The molecule has 0 saturated carbocycles. The number of anilines is 2. The van der Waals surface area contributed by atoms with Gasteiger partial charge in [-0.1, -0.05) is 38.1 Å². The van der Waals surface area contributed by atoms with Crippen LogP contribution in [0.1, 0.15) is 31.7 Å². The topological polar surface area (TPSA) is 64.3 Å². The van der Waals surface area contributed by atoms with Crippen molar-refractivity contribution in [1.29, 1.82) is 0 Å². The average Bonchev–Trinajstić information content (AvgIpc) is 2.52. The second-order valence-electron chi connectivity index (χ2n) is 5.31. The maximum atomic E-state index is 12.0. The molecule has 0 unspecified atom stereocenters. The fourth-order valence-electron chi connectivity index (χ4n) is 2.20. The lowest BCUT2D eigenvalue weighted by atomic mass is 9.98. The van der Waals surface area contributed by atoms with E-state index in [-0.39, 0.29) is 12.5 Å². The molecule has 1 amide bonds. The van der Waals surface area contributed by atoms with E-state index in [1.807, 2.05) is 24.3 Å². The molecule has 0 fully saturated rings. The van der Waals surface area contributed by atoms with Crippen molar-refractivity contribution in [2.75, 3.05) is 17.7 Å². The number of para-hydroxylation sites is 1. The number of nitrogens with two attached hydrogens (primary N) is 1. The van der Waals surface area contributed by atoms with Gasteiger partial charge in [-0.25, -0.2) is 0 Å². The van der Waals surface area contributed by atoms with Crippen LogP contribution in [0.3, 0.4) is 0 Å². The van der Waals surface area contributed by atoms with Crippen LogP contribution in [0.2, 0.25) is 0 Å². The zero-order chi connectivity index (χ0) is 15.9. The summed E-state index contributed by atoms with van der Waals surface area (Å²) in [6.45, 7) is 4.26. The van der Waals surface area contributed by atoms with Gasteiger partial charge in [-0.3, -0.25) is 4.79 Å². The summed E-state index contributed by atoms with van der Waals surface area (Å²) < 4.78 is 5.68. The van der Waals surface area contributed by atoms with Crippen LogP contribution in [-0.2, 0) is 4.79 Å². The molecule has 22 heavy (non-hydrogen) atoms. The molecule has 0 spiro atoms. The lowest BCUT2D eigenvalue weighted by Gasteiger charge is -2.15. The summed E-state index contributed by atoms with van der Waals surface area (Å²) in [5, 5.41) is 2.77. The third kappa shape index (κ3) is 4.25. The second kappa shape index (κ2) is 7.50. The first-order valence-electron chi connectivity index (χ1n) is 7.47. The van der Waals surface area contributed by atoms with Gasteiger partial charge in [0.1, 0.15) is 5.75 Å². The lowest BCUT2D eigenvalue weighted by Crippen LogP contribution is -2.20. The second-order valence-corrected chi connectivity index (χ2v) is 5.31. The molecule has 0 saturated heterocycles. The third-order valence-corrected chi connectivity index (χ3v) is 3.59. The maximum absolute atomic E-state index is 12.0. The summed E-state index contributed by atoms with van der Waals surface area (Å²) in [6.07, 6.45) is 1.02. The molecule has 2 aromatic rings. The van der Waals surface area contributed by atoms with Crippen LogP contribution in [0.15, 0.2) is 48.5 Å². The molecule has 2 rings (SSSR count). The first-order valence-corrected chi connectivity index (χ1v) is 7.47. The predicted octanol–water partition coefficient (Wildman–Crippen LogP) is 3.80. The number of nitrogen functional groups attached to an aromatic ring is 1. The Bertz CT molecular complexity index is 640. The fourth-order valence-corrected chi connectivity index (χ4v) is 2.20. The first-order chi connectivity index (χ1) is 10.6. The Morgan fingerprint density at radius 3 is 2.73 bits per heavy atom. The molecule has 0 aliphatic carbocycles. The van der Waals surface area contributed by atoms with E-state index in [0.717, 1.165) is 17.7 Å². The Hall–Kier alpha value is -2.49. The number of amides is 1. The predicted molar refractivity (Wildman–Crippen MR) is 90.1 cm³/mol. The van der Waals surface area contributed by atoms with E-state index in [2.05, 4.69) is 19.2 Å². The van der Waals surface area contributed by atoms with Crippen molar-refractivity contribution in [2.45, 2.75) is 26.2 Å². The van der Waals surface area contributed by atoms with Crippen LogP contribution in [0.4, 0.5) is 11.4 Å². The van der Waals surface area contributed by atoms with Crippen molar-refractivity contribution < 1.29 is 9.53 Å². The van der Waals surface area contributed by atoms with Gasteiger partial charge in [0.05, 0.1) is 0 Å². The van der Waals surface area contributed by atoms with Crippen LogP contribution in [0, 0.1) is 0 Å². The van der Waals surface area contributed by atoms with Crippen molar-refractivity contribution >= 4 is 17.3 Å². The number of hydrogen-bond donors (Lipinski definition) is 2. The molecule has 0 bridgehead atoms. The van der Waals surface area contributed by atoms with Gasteiger partial charge in [-0.15, -0.1) is 0 Å². The van der Waals surface area contributed by atoms with E-state index in [9.17, 15) is 4.79 Å². The molecule has 0 aliphatic rings. The van der Waals surface area contributed by atoms with Gasteiger partial charge in [-0.2, -0.15) is 0 Å². The van der Waals surface area contributed by atoms with Crippen molar-refractivity contribution in [2.24, 2.45) is 0 Å². The molecule has 3 N–H and O–H groups in total. The van der Waals surface area contributed by atoms with Gasteiger partial charge in [0, 0.05) is 11.4 Å². The summed E-state index contributed by atoms with van der Waals surface area (Å²) >= 11 is 0. The Labute approximate surface area is 131 Å². The number of hydrogen-bond acceptors (Lipinski definition) is 3. The van der Waals surface area contributed by atoms with Gasteiger partial charge in [-0.05, 0) is 42.2 Å². The largest absolute Gasteiger partial charge is 0.483 e. The standard InChI is InChI=1S/C18H22N2O2/c1-3-13(2)16-9-4-5-10-17(16)22-12-18(21)20-15-8-6-7-14(19)11-15/h4-11,13H,3,12,19H2,1-2H3,(H,20,21)/t13-/m1/s1. The van der Waals surface area contributed by atoms with Crippen molar-refractivity contribution in [3.05, 3.63) is 54.1 Å². The van der Waals surface area contributed by atoms with E-state index in [4.69, 9.17) is 10.5 Å². The number of nitrogens with one attached hydrogen (secondary N) is 1. The van der Waals surface area contributed by atoms with E-state index >= 15 is 0 Å². The van der Waals surface area contributed by atoms with Gasteiger partial charge in [0.25, 0.3) is 5.91 Å². The van der Waals surface area contributed by atoms with Crippen LogP contribution >= 0.6 is 0 Å². The highest BCUT2D eigenvalue weighted by Crippen LogP contribution is 2.28. The smallest absolute Gasteiger partial charge is 0.262 e. The molecule has 1 atom stereocenters. The minimum absolute atomic E-state index is 0.0255. The first kappa shape index (κ1) is 15.9. The zero-order valence-corrected chi connectivity index (χ0v) is 13.0. The molecule has 4 heteroatoms. The van der Waals surface area contributed by atoms with Gasteiger partial charge in [0.15, 0.2) is 6.61 Å². The molecular formula is C18H22N2O2. The molecule has 2 aromatic carbocycles. The number of carbonyl (C=O) groups excluding carboxylic acids is 1. The minimum atomic E-state index is -0.204. The minimum Gasteiger partial charge on any atom is -0.483 e. The van der Waals surface area contributed by atoms with Crippen LogP contribution in [0.5, 0.6) is 5.75 Å². The molecule has 0 radical (unpaired) electrons. The average molecular weight is 298 g/mol. The molecule has 0 aromatic heterocycles. The molecule has 0 heterocycles. The molecular weight excluding hydrogens is 276 g/mol. The normalized spacial score (nSPS) is 11.7. The fraction of sp³-hybridized carbons (Fsp3) is 0.278. The Morgan fingerprint density at radius 2 is 2.00 bits per heavy atom. The lowest BCUT2D eigenvalue weighted by molar-refractivity contribution is -0.118. The Balaban J connectivity index is 1.97. The van der Waals surface area contributed by atoms with E-state index < -0.39 is 0 Å². The van der Waals surface area contributed by atoms with E-state index in [0.29, 0.717) is 17.3 Å². The summed E-state index contributed by atoms with van der Waals surface area (Å²) in [6, 6.07) is 14.9. The van der Waals surface area contributed by atoms with Crippen molar-refractivity contribution in [3.63, 3.8) is 0 Å². The maximum Gasteiger partial charge on any atom is 0.262 e. The summed E-state index contributed by atoms with van der Waals surface area (Å²) in [7, 11) is 0. The third-order valence-electron chi connectivity index (χ3n) is 3.59. The summed E-state index contributed by atoms with van der Waals surface area (Å²) in [5.41, 5.74) is 8.09.